The minimum atomic E-state index is -0.594. The molecular formula is C19H26N2O3. The van der Waals surface area contributed by atoms with Gasteiger partial charge in [0.05, 0.1) is 11.0 Å². The molecule has 0 spiro atoms. The summed E-state index contributed by atoms with van der Waals surface area (Å²) in [5, 5.41) is 21.4. The highest BCUT2D eigenvalue weighted by molar-refractivity contribution is 5.33. The van der Waals surface area contributed by atoms with Crippen LogP contribution in [0.3, 0.4) is 0 Å². The van der Waals surface area contributed by atoms with Crippen molar-refractivity contribution in [3.63, 3.8) is 0 Å². The number of aliphatic hydroxyl groups is 1. The first-order valence-electron chi connectivity index (χ1n) is 9.09. The van der Waals surface area contributed by atoms with Crippen LogP contribution in [-0.4, -0.2) is 34.1 Å². The molecule has 0 heterocycles. The third kappa shape index (κ3) is 2.74. The second-order valence-electron chi connectivity index (χ2n) is 8.39. The van der Waals surface area contributed by atoms with Crippen molar-refractivity contribution in [1.82, 2.24) is 4.90 Å². The van der Waals surface area contributed by atoms with E-state index in [0.29, 0.717) is 6.54 Å². The van der Waals surface area contributed by atoms with Gasteiger partial charge in [-0.1, -0.05) is 0 Å². The summed E-state index contributed by atoms with van der Waals surface area (Å²) in [6.45, 7) is 0.601. The van der Waals surface area contributed by atoms with Crippen molar-refractivity contribution in [2.75, 3.05) is 13.6 Å². The number of β-amino-alcohol motifs (C(OH)–C–C–N with tert-alkyl or cyclic N) is 1. The van der Waals surface area contributed by atoms with Gasteiger partial charge in [0.2, 0.25) is 0 Å². The summed E-state index contributed by atoms with van der Waals surface area (Å²) in [6.07, 6.45) is 7.49. The van der Waals surface area contributed by atoms with Crippen molar-refractivity contribution < 1.29 is 10.0 Å². The molecule has 0 radical (unpaired) electrons. The molecular weight excluding hydrogens is 304 g/mol. The van der Waals surface area contributed by atoms with Gasteiger partial charge < -0.3 is 5.11 Å². The van der Waals surface area contributed by atoms with Gasteiger partial charge in [0.15, 0.2) is 0 Å². The number of hydrogen-bond acceptors (Lipinski definition) is 4. The fourth-order valence-corrected chi connectivity index (χ4v) is 5.91. The highest BCUT2D eigenvalue weighted by Gasteiger charge is 2.52. The lowest BCUT2D eigenvalue weighted by Crippen LogP contribution is -2.59. The predicted octanol–water partition coefficient (Wildman–Crippen LogP) is 3.53. The second kappa shape index (κ2) is 5.81. The van der Waals surface area contributed by atoms with Gasteiger partial charge in [0.25, 0.3) is 5.69 Å². The monoisotopic (exact) mass is 330 g/mol. The lowest BCUT2D eigenvalue weighted by Gasteiger charge is -2.60. The molecule has 1 aromatic carbocycles. The molecule has 4 saturated carbocycles. The molecule has 4 bridgehead atoms. The summed E-state index contributed by atoms with van der Waals surface area (Å²) in [6, 6.07) is 6.30. The third-order valence-electron chi connectivity index (χ3n) is 6.75. The summed E-state index contributed by atoms with van der Waals surface area (Å²) in [5.41, 5.74) is 1.11. The van der Waals surface area contributed by atoms with Gasteiger partial charge in [-0.3, -0.25) is 15.0 Å². The van der Waals surface area contributed by atoms with Crippen LogP contribution >= 0.6 is 0 Å². The van der Waals surface area contributed by atoms with Gasteiger partial charge in [-0.2, -0.15) is 0 Å². The third-order valence-corrected chi connectivity index (χ3v) is 6.75. The first-order chi connectivity index (χ1) is 11.4. The fourth-order valence-electron chi connectivity index (χ4n) is 5.91. The first-order valence-corrected chi connectivity index (χ1v) is 9.09. The Hall–Kier alpha value is -1.46. The number of rotatable bonds is 5. The molecule has 1 atom stereocenters. The molecule has 1 aromatic rings. The molecule has 0 amide bonds. The zero-order valence-corrected chi connectivity index (χ0v) is 14.2. The summed E-state index contributed by atoms with van der Waals surface area (Å²) < 4.78 is 0. The van der Waals surface area contributed by atoms with Crippen molar-refractivity contribution in [2.24, 2.45) is 17.8 Å². The number of benzene rings is 1. The van der Waals surface area contributed by atoms with Crippen LogP contribution in [0.5, 0.6) is 0 Å². The van der Waals surface area contributed by atoms with Crippen molar-refractivity contribution in [2.45, 2.75) is 50.2 Å². The molecule has 1 N–H and O–H groups in total. The van der Waals surface area contributed by atoms with Crippen LogP contribution in [0.1, 0.15) is 50.2 Å². The topological polar surface area (TPSA) is 66.6 Å². The molecule has 0 saturated heterocycles. The Morgan fingerprint density at radius 2 is 1.67 bits per heavy atom. The van der Waals surface area contributed by atoms with Crippen LogP contribution in [0.2, 0.25) is 0 Å². The van der Waals surface area contributed by atoms with E-state index in [1.165, 1.54) is 50.7 Å². The van der Waals surface area contributed by atoms with E-state index < -0.39 is 11.0 Å². The number of nitrogens with zero attached hydrogens (tertiary/aromatic N) is 2. The SMILES string of the molecule is CN(C[C@H](O)c1ccc([N+](=O)[O-])cc1)C12CC3CC(CC(C3)C1)C2. The summed E-state index contributed by atoms with van der Waals surface area (Å²) in [7, 11) is 2.15. The smallest absolute Gasteiger partial charge is 0.269 e. The molecule has 4 fully saturated rings. The highest BCUT2D eigenvalue weighted by atomic mass is 16.6. The number of non-ortho nitro benzene ring substituents is 1. The van der Waals surface area contributed by atoms with Crippen LogP contribution in [0.4, 0.5) is 5.69 Å². The minimum Gasteiger partial charge on any atom is -0.387 e. The standard InChI is InChI=1S/C19H26N2O3/c1-20(12-18(22)16-2-4-17(5-3-16)21(23)24)19-9-13-6-14(10-19)8-15(7-13)11-19/h2-5,13-15,18,22H,6-12H2,1H3/t13?,14?,15?,18-,19?/m0/s1. The largest absolute Gasteiger partial charge is 0.387 e. The number of hydrogen-bond donors (Lipinski definition) is 1. The van der Waals surface area contributed by atoms with E-state index >= 15 is 0 Å². The van der Waals surface area contributed by atoms with Gasteiger partial charge in [-0.15, -0.1) is 0 Å². The molecule has 4 aliphatic rings. The van der Waals surface area contributed by atoms with Crippen molar-refractivity contribution in [1.29, 1.82) is 0 Å². The Morgan fingerprint density at radius 3 is 2.12 bits per heavy atom. The van der Waals surface area contributed by atoms with Crippen molar-refractivity contribution in [3.8, 4) is 0 Å². The summed E-state index contributed by atoms with van der Waals surface area (Å²) >= 11 is 0. The van der Waals surface area contributed by atoms with E-state index in [1.807, 2.05) is 0 Å². The second-order valence-corrected chi connectivity index (χ2v) is 8.39. The molecule has 24 heavy (non-hydrogen) atoms. The van der Waals surface area contributed by atoms with Crippen LogP contribution < -0.4 is 0 Å². The quantitative estimate of drug-likeness (QED) is 0.662. The average Bonchev–Trinajstić information content (AvgIpc) is 2.53. The molecule has 130 valence electrons. The Labute approximate surface area is 142 Å². The number of nitro benzene ring substituents is 1. The molecule has 5 rings (SSSR count). The summed E-state index contributed by atoms with van der Waals surface area (Å²) in [4.78, 5) is 12.7. The van der Waals surface area contributed by atoms with Crippen LogP contribution in [-0.2, 0) is 0 Å². The van der Waals surface area contributed by atoms with Crippen molar-refractivity contribution >= 4 is 5.69 Å². The van der Waals surface area contributed by atoms with Crippen molar-refractivity contribution in [3.05, 3.63) is 39.9 Å². The van der Waals surface area contributed by atoms with Crippen LogP contribution in [0.25, 0.3) is 0 Å². The lowest BCUT2D eigenvalue weighted by atomic mass is 9.52. The summed E-state index contributed by atoms with van der Waals surface area (Å²) in [5.74, 6) is 2.65. The Bertz CT molecular complexity index is 593. The number of likely N-dealkylation sites (N-methyl/N-ethyl adjacent to an activating group) is 1. The Morgan fingerprint density at radius 1 is 1.17 bits per heavy atom. The van der Waals surface area contributed by atoms with E-state index in [2.05, 4.69) is 11.9 Å². The maximum Gasteiger partial charge on any atom is 0.269 e. The highest BCUT2D eigenvalue weighted by Crippen LogP contribution is 2.57. The minimum absolute atomic E-state index is 0.0698. The van der Waals surface area contributed by atoms with Gasteiger partial charge in [0, 0.05) is 24.2 Å². The Balaban J connectivity index is 1.45. The molecule has 0 aliphatic heterocycles. The van der Waals surface area contributed by atoms with Crippen LogP contribution in [0.15, 0.2) is 24.3 Å². The first kappa shape index (κ1) is 16.0. The zero-order valence-electron chi connectivity index (χ0n) is 14.2. The number of aliphatic hydroxyl groups excluding tert-OH is 1. The Kier molecular flexibility index (Phi) is 3.88. The average molecular weight is 330 g/mol. The molecule has 0 unspecified atom stereocenters. The van der Waals surface area contributed by atoms with E-state index in [4.69, 9.17) is 0 Å². The maximum atomic E-state index is 10.8. The van der Waals surface area contributed by atoms with E-state index in [-0.39, 0.29) is 11.2 Å². The fraction of sp³-hybridized carbons (Fsp3) is 0.684. The predicted molar refractivity (Wildman–Crippen MR) is 91.6 cm³/mol. The normalized spacial score (nSPS) is 35.4. The molecule has 4 aliphatic carbocycles. The van der Waals surface area contributed by atoms with Crippen LogP contribution in [0, 0.1) is 27.9 Å². The van der Waals surface area contributed by atoms with Gasteiger partial charge in [0.1, 0.15) is 0 Å². The van der Waals surface area contributed by atoms with E-state index in [0.717, 1.165) is 23.3 Å². The molecule has 5 nitrogen and oxygen atoms in total. The van der Waals surface area contributed by atoms with Gasteiger partial charge >= 0.3 is 0 Å². The molecule has 5 heteroatoms. The number of nitro groups is 1. The van der Waals surface area contributed by atoms with E-state index in [9.17, 15) is 15.2 Å². The molecule has 0 aromatic heterocycles. The van der Waals surface area contributed by atoms with Gasteiger partial charge in [-0.25, -0.2) is 0 Å². The zero-order chi connectivity index (χ0) is 16.9. The van der Waals surface area contributed by atoms with Gasteiger partial charge in [-0.05, 0) is 81.0 Å². The van der Waals surface area contributed by atoms with E-state index in [1.54, 1.807) is 12.1 Å². The maximum absolute atomic E-state index is 10.8. The lowest BCUT2D eigenvalue weighted by molar-refractivity contribution is -0.384.